The third-order valence-electron chi connectivity index (χ3n) is 4.46. The van der Waals surface area contributed by atoms with Crippen LogP contribution in [0.4, 0.5) is 22.0 Å². The predicted molar refractivity (Wildman–Crippen MR) is 116 cm³/mol. The van der Waals surface area contributed by atoms with Crippen molar-refractivity contribution in [2.24, 2.45) is 0 Å². The molecule has 1 unspecified atom stereocenters. The van der Waals surface area contributed by atoms with E-state index >= 15 is 0 Å². The molecular weight excluding hydrogens is 502 g/mol. The van der Waals surface area contributed by atoms with E-state index in [0.29, 0.717) is 6.42 Å². The summed E-state index contributed by atoms with van der Waals surface area (Å²) in [6.07, 6.45) is -7.50. The van der Waals surface area contributed by atoms with Gasteiger partial charge in [0.1, 0.15) is 12.0 Å². The van der Waals surface area contributed by atoms with Crippen molar-refractivity contribution in [3.05, 3.63) is 11.7 Å². The number of esters is 1. The van der Waals surface area contributed by atoms with E-state index in [2.05, 4.69) is 10.1 Å². The van der Waals surface area contributed by atoms with Crippen molar-refractivity contribution in [3.8, 4) is 0 Å². The van der Waals surface area contributed by atoms with Crippen molar-refractivity contribution < 1.29 is 49.6 Å². The van der Waals surface area contributed by atoms with Crippen LogP contribution in [0.2, 0.25) is 0 Å². The zero-order valence-corrected chi connectivity index (χ0v) is 21.5. The van der Waals surface area contributed by atoms with Crippen LogP contribution in [0.15, 0.2) is 4.52 Å². The summed E-state index contributed by atoms with van der Waals surface area (Å²) in [6.45, 7) is 8.19. The number of ether oxygens (including phenoxy) is 1. The smallest absolute Gasteiger partial charge is 0.394 e. The first-order chi connectivity index (χ1) is 16.0. The van der Waals surface area contributed by atoms with Crippen LogP contribution < -0.4 is 0 Å². The summed E-state index contributed by atoms with van der Waals surface area (Å²) >= 11 is 0. The predicted octanol–water partition coefficient (Wildman–Crippen LogP) is 6.28. The van der Waals surface area contributed by atoms with Crippen LogP contribution in [-0.2, 0) is 36.0 Å². The van der Waals surface area contributed by atoms with E-state index in [0.717, 1.165) is 0 Å². The molecule has 0 aliphatic carbocycles. The van der Waals surface area contributed by atoms with E-state index in [1.165, 1.54) is 0 Å². The van der Waals surface area contributed by atoms with Gasteiger partial charge in [0.05, 0.1) is 19.6 Å². The third-order valence-corrected chi connectivity index (χ3v) is 6.85. The maximum absolute atomic E-state index is 13.3. The molecule has 0 spiro atoms. The Labute approximate surface area is 201 Å². The second-order valence-corrected chi connectivity index (χ2v) is 11.2. The van der Waals surface area contributed by atoms with E-state index in [1.807, 2.05) is 0 Å². The number of carbonyl (C=O) groups excluding carboxylic acids is 1. The highest BCUT2D eigenvalue weighted by molar-refractivity contribution is 7.55. The normalized spacial score (nSPS) is 14.2. The van der Waals surface area contributed by atoms with Gasteiger partial charge in [0.2, 0.25) is 5.89 Å². The lowest BCUT2D eigenvalue weighted by Crippen LogP contribution is -2.34. The lowest BCUT2D eigenvalue weighted by molar-refractivity contribution is -0.189. The topological polar surface area (TPSA) is 101 Å². The summed E-state index contributed by atoms with van der Waals surface area (Å²) < 4.78 is 97.6. The Morgan fingerprint density at radius 3 is 2.14 bits per heavy atom. The number of aryl methyl sites for hydroxylation is 1. The molecule has 0 fully saturated rings. The summed E-state index contributed by atoms with van der Waals surface area (Å²) in [7, 11) is -3.94. The molecule has 0 radical (unpaired) electrons. The molecule has 1 heterocycles. The summed E-state index contributed by atoms with van der Waals surface area (Å²) in [5, 5.41) is 3.77. The average molecular weight is 536 g/mol. The summed E-state index contributed by atoms with van der Waals surface area (Å²) in [5.74, 6) is -4.43. The number of hydrogen-bond acceptors (Lipinski definition) is 8. The molecule has 0 aromatic carbocycles. The van der Waals surface area contributed by atoms with Crippen LogP contribution >= 0.6 is 7.60 Å². The standard InChI is InChI=1S/C21H34F5N2O6P/c1-6-31-35(30,32-7-2)15(18(29)33-19(3,4)5)13-17-27-16(28-34-17)11-9-8-10-12-20(22,23)14-21(24,25)26/h15H,6-14H2,1-5H3. The van der Waals surface area contributed by atoms with Gasteiger partial charge < -0.3 is 18.3 Å². The van der Waals surface area contributed by atoms with Crippen LogP contribution in [0.1, 0.15) is 78.4 Å². The molecule has 0 saturated carbocycles. The number of carbonyl (C=O) groups is 1. The molecular formula is C21H34F5N2O6P. The van der Waals surface area contributed by atoms with Crippen LogP contribution in [0.5, 0.6) is 0 Å². The first-order valence-electron chi connectivity index (χ1n) is 11.4. The van der Waals surface area contributed by atoms with Crippen molar-refractivity contribution in [3.63, 3.8) is 0 Å². The van der Waals surface area contributed by atoms with Crippen LogP contribution in [0.25, 0.3) is 0 Å². The highest BCUT2D eigenvalue weighted by Crippen LogP contribution is 2.54. The molecule has 0 amide bonds. The van der Waals surface area contributed by atoms with Gasteiger partial charge in [0.15, 0.2) is 11.5 Å². The van der Waals surface area contributed by atoms with Crippen LogP contribution in [0.3, 0.4) is 0 Å². The Hall–Kier alpha value is -1.59. The minimum atomic E-state index is -4.92. The largest absolute Gasteiger partial charge is 0.459 e. The van der Waals surface area contributed by atoms with Gasteiger partial charge in [-0.25, -0.2) is 8.78 Å². The first kappa shape index (κ1) is 31.4. The van der Waals surface area contributed by atoms with Crippen LogP contribution in [0, 0.1) is 0 Å². The van der Waals surface area contributed by atoms with Gasteiger partial charge >= 0.3 is 19.7 Å². The molecule has 35 heavy (non-hydrogen) atoms. The lowest BCUT2D eigenvalue weighted by atomic mass is 10.1. The molecule has 1 atom stereocenters. The summed E-state index contributed by atoms with van der Waals surface area (Å²) in [5.41, 5.74) is -2.22. The highest BCUT2D eigenvalue weighted by atomic mass is 31.2. The summed E-state index contributed by atoms with van der Waals surface area (Å²) in [4.78, 5) is 16.9. The minimum Gasteiger partial charge on any atom is -0.459 e. The lowest BCUT2D eigenvalue weighted by Gasteiger charge is -2.27. The van der Waals surface area contributed by atoms with Gasteiger partial charge in [-0.15, -0.1) is 0 Å². The van der Waals surface area contributed by atoms with E-state index in [-0.39, 0.29) is 50.6 Å². The molecule has 1 aromatic rings. The van der Waals surface area contributed by atoms with Gasteiger partial charge in [-0.05, 0) is 47.5 Å². The van der Waals surface area contributed by atoms with Gasteiger partial charge in [0.25, 0.3) is 5.92 Å². The first-order valence-corrected chi connectivity index (χ1v) is 13.0. The van der Waals surface area contributed by atoms with Crippen LogP contribution in [-0.4, -0.2) is 52.7 Å². The van der Waals surface area contributed by atoms with Crippen molar-refractivity contribution in [1.29, 1.82) is 0 Å². The van der Waals surface area contributed by atoms with Crippen molar-refractivity contribution in [2.45, 2.75) is 103 Å². The van der Waals surface area contributed by atoms with Gasteiger partial charge in [-0.3, -0.25) is 9.36 Å². The monoisotopic (exact) mass is 536 g/mol. The Kier molecular flexibility index (Phi) is 11.8. The average Bonchev–Trinajstić information content (AvgIpc) is 3.10. The Morgan fingerprint density at radius 1 is 1.03 bits per heavy atom. The zero-order chi connectivity index (χ0) is 26.9. The zero-order valence-electron chi connectivity index (χ0n) is 20.6. The van der Waals surface area contributed by atoms with E-state index in [1.54, 1.807) is 34.6 Å². The van der Waals surface area contributed by atoms with Gasteiger partial charge in [0, 0.05) is 12.8 Å². The van der Waals surface area contributed by atoms with E-state index < -0.39 is 49.8 Å². The fraction of sp³-hybridized carbons (Fsp3) is 0.857. The van der Waals surface area contributed by atoms with Gasteiger partial charge in [-0.2, -0.15) is 18.2 Å². The number of unbranched alkanes of at least 4 members (excludes halogenated alkanes) is 2. The molecule has 204 valence electrons. The molecule has 1 rings (SSSR count). The van der Waals surface area contributed by atoms with Crippen molar-refractivity contribution >= 4 is 13.6 Å². The molecule has 8 nitrogen and oxygen atoms in total. The number of aromatic nitrogens is 2. The van der Waals surface area contributed by atoms with Gasteiger partial charge in [-0.1, -0.05) is 11.6 Å². The third kappa shape index (κ3) is 12.3. The SMILES string of the molecule is CCOP(=O)(OCC)C(Cc1nc(CCCCCC(F)(F)CC(F)(F)F)no1)C(=O)OC(C)(C)C. The number of alkyl halides is 5. The van der Waals surface area contributed by atoms with Crippen molar-refractivity contribution in [2.75, 3.05) is 13.2 Å². The Bertz CT molecular complexity index is 831. The maximum atomic E-state index is 13.3. The quantitative estimate of drug-likeness (QED) is 0.112. The Balaban J connectivity index is 2.77. The molecule has 0 aliphatic heterocycles. The number of hydrogen-bond donors (Lipinski definition) is 0. The second-order valence-electron chi connectivity index (χ2n) is 8.94. The molecule has 0 aliphatic rings. The van der Waals surface area contributed by atoms with Crippen molar-refractivity contribution in [1.82, 2.24) is 10.1 Å². The Morgan fingerprint density at radius 2 is 1.63 bits per heavy atom. The molecule has 14 heteroatoms. The molecule has 0 saturated heterocycles. The number of halogens is 5. The fourth-order valence-electron chi connectivity index (χ4n) is 3.14. The maximum Gasteiger partial charge on any atom is 0.394 e. The second kappa shape index (κ2) is 13.1. The number of rotatable bonds is 15. The molecule has 1 aromatic heterocycles. The minimum absolute atomic E-state index is 0.0211. The summed E-state index contributed by atoms with van der Waals surface area (Å²) in [6, 6.07) is 0. The van der Waals surface area contributed by atoms with E-state index in [9.17, 15) is 31.3 Å². The number of nitrogens with zero attached hydrogens (tertiary/aromatic N) is 2. The molecule has 0 bridgehead atoms. The van der Waals surface area contributed by atoms with E-state index in [4.69, 9.17) is 18.3 Å². The fourth-order valence-corrected chi connectivity index (χ4v) is 4.98. The highest BCUT2D eigenvalue weighted by Gasteiger charge is 2.45. The molecule has 0 N–H and O–H groups in total.